The Morgan fingerprint density at radius 1 is 1.07 bits per heavy atom. The molecule has 2 aromatic carbocycles. The van der Waals surface area contributed by atoms with Crippen molar-refractivity contribution in [2.75, 3.05) is 19.0 Å². The molecule has 1 N–H and O–H groups in total. The Morgan fingerprint density at radius 3 is 2.38 bits per heavy atom. The minimum atomic E-state index is -1.62. The van der Waals surface area contributed by atoms with Gasteiger partial charge in [0.05, 0.1) is 11.8 Å². The molecule has 0 spiro atoms. The molecular weight excluding hydrogens is 390 g/mol. The number of anilines is 1. The van der Waals surface area contributed by atoms with Crippen molar-refractivity contribution in [2.24, 2.45) is 5.10 Å². The Bertz CT molecular complexity index is 1330. The summed E-state index contributed by atoms with van der Waals surface area (Å²) in [5.74, 6) is -6.37. The minimum Gasteiger partial charge on any atom is -0.373 e. The van der Waals surface area contributed by atoms with Crippen molar-refractivity contribution in [1.82, 2.24) is 14.6 Å². The molecule has 29 heavy (non-hydrogen) atoms. The highest BCUT2D eigenvalue weighted by molar-refractivity contribution is 6.04. The predicted octanol–water partition coefficient (Wildman–Crippen LogP) is 3.38. The van der Waals surface area contributed by atoms with Gasteiger partial charge >= 0.3 is 0 Å². The first kappa shape index (κ1) is 18.7. The molecule has 0 aliphatic carbocycles. The number of nitrogens with one attached hydrogen (secondary N) is 1. The first-order valence-electron chi connectivity index (χ1n) is 8.37. The first-order chi connectivity index (χ1) is 13.8. The molecule has 0 amide bonds. The number of nitrogens with zero attached hydrogens (tertiary/aromatic N) is 4. The van der Waals surface area contributed by atoms with E-state index < -0.39 is 40.1 Å². The Balaban J connectivity index is 1.84. The van der Waals surface area contributed by atoms with E-state index >= 15 is 0 Å². The summed E-state index contributed by atoms with van der Waals surface area (Å²) in [6.45, 7) is 0. The lowest BCUT2D eigenvalue weighted by molar-refractivity contribution is 0.453. The normalized spacial score (nSPS) is 11.8. The molecule has 0 saturated heterocycles. The topological polar surface area (TPSA) is 66.3 Å². The SMILES string of the molecule is CN(C)c1c(F)c(F)c(/C=N/n2cnc3c([nH]c4ccccc43)c2=O)c(F)c1F. The zero-order chi connectivity index (χ0) is 20.9. The third-order valence-corrected chi connectivity index (χ3v) is 4.43. The second kappa shape index (κ2) is 6.73. The van der Waals surface area contributed by atoms with Crippen LogP contribution in [-0.4, -0.2) is 35.0 Å². The summed E-state index contributed by atoms with van der Waals surface area (Å²) in [6, 6.07) is 7.09. The molecule has 148 valence electrons. The quantitative estimate of drug-likeness (QED) is 0.324. The molecule has 4 aromatic rings. The summed E-state index contributed by atoms with van der Waals surface area (Å²) in [4.78, 5) is 20.6. The van der Waals surface area contributed by atoms with Gasteiger partial charge in [0.15, 0.2) is 23.3 Å². The highest BCUT2D eigenvalue weighted by atomic mass is 19.2. The van der Waals surface area contributed by atoms with Crippen LogP contribution in [0.5, 0.6) is 0 Å². The Kier molecular flexibility index (Phi) is 4.33. The molecular formula is C19H13F4N5O. The van der Waals surface area contributed by atoms with E-state index in [0.717, 1.165) is 16.6 Å². The number of halogens is 4. The number of hydrogen-bond acceptors (Lipinski definition) is 4. The van der Waals surface area contributed by atoms with E-state index in [2.05, 4.69) is 15.1 Å². The smallest absolute Gasteiger partial charge is 0.298 e. The second-order valence-corrected chi connectivity index (χ2v) is 6.45. The van der Waals surface area contributed by atoms with Gasteiger partial charge in [-0.05, 0) is 6.07 Å². The molecule has 0 aliphatic rings. The summed E-state index contributed by atoms with van der Waals surface area (Å²) < 4.78 is 57.4. The van der Waals surface area contributed by atoms with Gasteiger partial charge in [0.2, 0.25) is 0 Å². The molecule has 4 rings (SSSR count). The van der Waals surface area contributed by atoms with Gasteiger partial charge < -0.3 is 9.88 Å². The fourth-order valence-electron chi connectivity index (χ4n) is 3.04. The van der Waals surface area contributed by atoms with E-state index in [1.165, 1.54) is 14.1 Å². The Hall–Kier alpha value is -3.69. The van der Waals surface area contributed by atoms with E-state index in [-0.39, 0.29) is 5.52 Å². The highest BCUT2D eigenvalue weighted by Crippen LogP contribution is 2.29. The summed E-state index contributed by atoms with van der Waals surface area (Å²) in [7, 11) is 2.49. The van der Waals surface area contributed by atoms with Crippen molar-refractivity contribution in [3.8, 4) is 0 Å². The van der Waals surface area contributed by atoms with Crippen LogP contribution in [0.1, 0.15) is 5.56 Å². The number of hydrogen-bond donors (Lipinski definition) is 1. The highest BCUT2D eigenvalue weighted by Gasteiger charge is 2.25. The lowest BCUT2D eigenvalue weighted by Crippen LogP contribution is -2.19. The number of benzene rings is 2. The van der Waals surface area contributed by atoms with Gasteiger partial charge in [-0.2, -0.15) is 9.78 Å². The molecule has 0 saturated carbocycles. The Morgan fingerprint density at radius 2 is 1.72 bits per heavy atom. The molecule has 2 heterocycles. The lowest BCUT2D eigenvalue weighted by atomic mass is 10.1. The summed E-state index contributed by atoms with van der Waals surface area (Å²) >= 11 is 0. The van der Waals surface area contributed by atoms with Crippen LogP contribution in [0.25, 0.3) is 21.9 Å². The summed E-state index contributed by atoms with van der Waals surface area (Å²) in [6.07, 6.45) is 1.59. The number of para-hydroxylation sites is 1. The number of aromatic nitrogens is 3. The zero-order valence-electron chi connectivity index (χ0n) is 15.2. The van der Waals surface area contributed by atoms with E-state index in [9.17, 15) is 22.4 Å². The first-order valence-corrected chi connectivity index (χ1v) is 8.37. The third-order valence-electron chi connectivity index (χ3n) is 4.43. The van der Waals surface area contributed by atoms with Crippen LogP contribution in [-0.2, 0) is 0 Å². The van der Waals surface area contributed by atoms with Gasteiger partial charge in [-0.25, -0.2) is 22.5 Å². The van der Waals surface area contributed by atoms with E-state index in [4.69, 9.17) is 0 Å². The molecule has 0 atom stereocenters. The van der Waals surface area contributed by atoms with Crippen LogP contribution in [0.3, 0.4) is 0 Å². The summed E-state index contributed by atoms with van der Waals surface area (Å²) in [5.41, 5.74) is -1.33. The predicted molar refractivity (Wildman–Crippen MR) is 101 cm³/mol. The maximum atomic E-state index is 14.3. The van der Waals surface area contributed by atoms with E-state index in [0.29, 0.717) is 21.9 Å². The molecule has 2 aromatic heterocycles. The van der Waals surface area contributed by atoms with Crippen molar-refractivity contribution >= 4 is 33.8 Å². The second-order valence-electron chi connectivity index (χ2n) is 6.45. The number of rotatable bonds is 3. The monoisotopic (exact) mass is 403 g/mol. The van der Waals surface area contributed by atoms with Crippen molar-refractivity contribution in [3.05, 3.63) is 69.8 Å². The number of H-pyrrole nitrogens is 1. The minimum absolute atomic E-state index is 0.132. The molecule has 0 aliphatic heterocycles. The average Bonchev–Trinajstić information content (AvgIpc) is 3.07. The molecule has 10 heteroatoms. The van der Waals surface area contributed by atoms with Gasteiger partial charge in [0.1, 0.15) is 23.0 Å². The van der Waals surface area contributed by atoms with Crippen molar-refractivity contribution < 1.29 is 17.6 Å². The number of fused-ring (bicyclic) bond motifs is 3. The van der Waals surface area contributed by atoms with Crippen molar-refractivity contribution in [3.63, 3.8) is 0 Å². The van der Waals surface area contributed by atoms with Crippen molar-refractivity contribution in [1.29, 1.82) is 0 Å². The van der Waals surface area contributed by atoms with Gasteiger partial charge in [-0.1, -0.05) is 18.2 Å². The Labute approximate surface area is 160 Å². The molecule has 0 radical (unpaired) electrons. The van der Waals surface area contributed by atoms with Crippen LogP contribution < -0.4 is 10.5 Å². The molecule has 0 fully saturated rings. The van der Waals surface area contributed by atoms with E-state index in [1.807, 2.05) is 0 Å². The van der Waals surface area contributed by atoms with Gasteiger partial charge in [-0.15, -0.1) is 0 Å². The fraction of sp³-hybridized carbons (Fsp3) is 0.105. The van der Waals surface area contributed by atoms with E-state index in [1.54, 1.807) is 24.3 Å². The molecule has 0 unspecified atom stereocenters. The molecule has 6 nitrogen and oxygen atoms in total. The van der Waals surface area contributed by atoms with Crippen LogP contribution in [0.2, 0.25) is 0 Å². The zero-order valence-corrected chi connectivity index (χ0v) is 15.2. The maximum absolute atomic E-state index is 14.3. The molecule has 0 bridgehead atoms. The van der Waals surface area contributed by atoms with Gasteiger partial charge in [-0.3, -0.25) is 4.79 Å². The van der Waals surface area contributed by atoms with Crippen LogP contribution in [0, 0.1) is 23.3 Å². The summed E-state index contributed by atoms with van der Waals surface area (Å²) in [5, 5.41) is 4.36. The van der Waals surface area contributed by atoms with Crippen LogP contribution in [0.4, 0.5) is 23.2 Å². The van der Waals surface area contributed by atoms with Gasteiger partial charge in [0.25, 0.3) is 5.56 Å². The lowest BCUT2D eigenvalue weighted by Gasteiger charge is -2.16. The van der Waals surface area contributed by atoms with Crippen LogP contribution >= 0.6 is 0 Å². The standard InChI is InChI=1S/C19H13F4N5O/c1-27(2)18-14(22)12(20)10(13(21)15(18)23)7-25-28-8-24-16-9-5-3-4-6-11(9)26-17(16)19(28)29/h3-8,26H,1-2H3/b25-7+. The average molecular weight is 403 g/mol. The van der Waals surface area contributed by atoms with Gasteiger partial charge in [0, 0.05) is 25.0 Å². The van der Waals surface area contributed by atoms with Crippen molar-refractivity contribution in [2.45, 2.75) is 0 Å². The fourth-order valence-corrected chi connectivity index (χ4v) is 3.04. The third kappa shape index (κ3) is 2.84. The number of aromatic amines is 1. The van der Waals surface area contributed by atoms with Crippen LogP contribution in [0.15, 0.2) is 40.5 Å². The largest absolute Gasteiger partial charge is 0.373 e. The maximum Gasteiger partial charge on any atom is 0.298 e.